The van der Waals surface area contributed by atoms with Gasteiger partial charge in [-0.3, -0.25) is 18.8 Å². The van der Waals surface area contributed by atoms with E-state index in [4.69, 9.17) is 11.6 Å². The van der Waals surface area contributed by atoms with Crippen molar-refractivity contribution in [2.75, 3.05) is 13.1 Å². The molecule has 4 aromatic rings. The molecule has 0 radical (unpaired) electrons. The van der Waals surface area contributed by atoms with Crippen molar-refractivity contribution in [3.63, 3.8) is 0 Å². The van der Waals surface area contributed by atoms with Crippen LogP contribution >= 0.6 is 22.9 Å². The number of nitrogens with one attached hydrogen (secondary N) is 1. The van der Waals surface area contributed by atoms with E-state index < -0.39 is 24.2 Å². The van der Waals surface area contributed by atoms with Crippen molar-refractivity contribution in [2.45, 2.75) is 58.9 Å². The zero-order chi connectivity index (χ0) is 27.8. The van der Waals surface area contributed by atoms with Crippen LogP contribution in [0, 0.1) is 6.92 Å². The summed E-state index contributed by atoms with van der Waals surface area (Å²) in [5, 5.41) is 4.07. The van der Waals surface area contributed by atoms with E-state index in [0.717, 1.165) is 68.1 Å². The fourth-order valence-corrected chi connectivity index (χ4v) is 6.55. The predicted molar refractivity (Wildman–Crippen MR) is 150 cm³/mol. The Kier molecular flexibility index (Phi) is 7.95. The molecule has 1 saturated heterocycles. The number of nitrogens with zero attached hydrogens (tertiary/aromatic N) is 5. The number of halogens is 3. The number of hydrogen-bond acceptors (Lipinski definition) is 7. The predicted octanol–water partition coefficient (Wildman–Crippen LogP) is 4.14. The zero-order valence-corrected chi connectivity index (χ0v) is 23.4. The third-order valence-electron chi connectivity index (χ3n) is 7.20. The summed E-state index contributed by atoms with van der Waals surface area (Å²) in [4.78, 5) is 37.4. The molecule has 0 saturated carbocycles. The Balaban J connectivity index is 1.57. The zero-order valence-electron chi connectivity index (χ0n) is 21.8. The molecule has 0 spiro atoms. The maximum absolute atomic E-state index is 12.9. The Morgan fingerprint density at radius 2 is 1.87 bits per heavy atom. The van der Waals surface area contributed by atoms with Gasteiger partial charge in [0, 0.05) is 59.4 Å². The lowest BCUT2D eigenvalue weighted by Gasteiger charge is -2.40. The minimum atomic E-state index is -2.71. The standard InChI is InChI=1S/C27H29ClF2N6O2S/c1-15-6-18(28)7-20(21(15)12-35-16(2)9-31-10-17(35)3)25-26-22(32-14-33-25)8-19(39-26)11-36-24(37)4-5-34(27(36)38)13-23(29)30/h4-8,14,16-17,23,31H,9-13H2,1-3H3/t16-,17-/m0/s1. The molecular formula is C27H29ClF2N6O2S. The van der Waals surface area contributed by atoms with Crippen molar-refractivity contribution in [3.8, 4) is 11.3 Å². The second-order valence-electron chi connectivity index (χ2n) is 9.99. The molecule has 8 nitrogen and oxygen atoms in total. The molecule has 206 valence electrons. The molecule has 2 atom stereocenters. The van der Waals surface area contributed by atoms with E-state index in [1.807, 2.05) is 19.1 Å². The minimum absolute atomic E-state index is 0.0561. The van der Waals surface area contributed by atoms with Gasteiger partial charge in [-0.05, 0) is 50.1 Å². The van der Waals surface area contributed by atoms with E-state index >= 15 is 0 Å². The van der Waals surface area contributed by atoms with E-state index in [1.54, 1.807) is 6.07 Å². The Morgan fingerprint density at radius 3 is 2.59 bits per heavy atom. The normalized spacial score (nSPS) is 18.3. The number of hydrogen-bond donors (Lipinski definition) is 1. The van der Waals surface area contributed by atoms with Gasteiger partial charge in [0.05, 0.1) is 29.0 Å². The molecular weight excluding hydrogens is 546 g/mol. The van der Waals surface area contributed by atoms with Crippen molar-refractivity contribution in [1.29, 1.82) is 0 Å². The third kappa shape index (κ3) is 5.67. The van der Waals surface area contributed by atoms with Gasteiger partial charge in [-0.25, -0.2) is 23.5 Å². The average molecular weight is 575 g/mol. The molecule has 0 aliphatic carbocycles. The van der Waals surface area contributed by atoms with Gasteiger partial charge in [0.15, 0.2) is 0 Å². The number of thiophene rings is 1. The van der Waals surface area contributed by atoms with E-state index in [1.165, 1.54) is 17.7 Å². The molecule has 1 aromatic carbocycles. The summed E-state index contributed by atoms with van der Waals surface area (Å²) in [5.41, 5.74) is 3.17. The molecule has 1 N–H and O–H groups in total. The van der Waals surface area contributed by atoms with Crippen molar-refractivity contribution < 1.29 is 8.78 Å². The highest BCUT2D eigenvalue weighted by molar-refractivity contribution is 7.19. The SMILES string of the molecule is Cc1cc(Cl)cc(-c2ncnc3cc(Cn4c(=O)ccn(CC(F)F)c4=O)sc23)c1CN1[C@@H](C)CNC[C@@H]1C. The fraction of sp³-hybridized carbons (Fsp3) is 0.407. The van der Waals surface area contributed by atoms with Crippen LogP contribution in [0.4, 0.5) is 8.78 Å². The summed E-state index contributed by atoms with van der Waals surface area (Å²) in [7, 11) is 0. The molecule has 0 amide bonds. The van der Waals surface area contributed by atoms with Crippen LogP contribution in [0.5, 0.6) is 0 Å². The molecule has 3 aromatic heterocycles. The molecule has 0 bridgehead atoms. The molecule has 12 heteroatoms. The lowest BCUT2D eigenvalue weighted by atomic mass is 9.96. The number of aromatic nitrogens is 4. The fourth-order valence-electron chi connectivity index (χ4n) is 5.18. The summed E-state index contributed by atoms with van der Waals surface area (Å²) in [6.45, 7) is 8.20. The molecule has 0 unspecified atom stereocenters. The highest BCUT2D eigenvalue weighted by Crippen LogP contribution is 2.37. The summed E-state index contributed by atoms with van der Waals surface area (Å²) in [6.07, 6.45) is -0.113. The number of aryl methyl sites for hydroxylation is 1. The topological polar surface area (TPSA) is 85.0 Å². The van der Waals surface area contributed by atoms with E-state index in [2.05, 4.69) is 34.0 Å². The van der Waals surface area contributed by atoms with Crippen LogP contribution in [0.3, 0.4) is 0 Å². The smallest absolute Gasteiger partial charge is 0.314 e. The first kappa shape index (κ1) is 27.6. The Morgan fingerprint density at radius 1 is 1.13 bits per heavy atom. The second-order valence-corrected chi connectivity index (χ2v) is 11.6. The van der Waals surface area contributed by atoms with Gasteiger partial charge >= 0.3 is 5.69 Å². The molecule has 1 aliphatic heterocycles. The van der Waals surface area contributed by atoms with Gasteiger partial charge in [-0.1, -0.05) is 11.6 Å². The number of fused-ring (bicyclic) bond motifs is 1. The highest BCUT2D eigenvalue weighted by Gasteiger charge is 2.27. The molecule has 1 fully saturated rings. The minimum Gasteiger partial charge on any atom is -0.314 e. The Labute approximate surface area is 232 Å². The van der Waals surface area contributed by atoms with E-state index in [9.17, 15) is 18.4 Å². The number of alkyl halides is 2. The van der Waals surface area contributed by atoms with Crippen LogP contribution in [0.2, 0.25) is 5.02 Å². The van der Waals surface area contributed by atoms with Gasteiger partial charge in [-0.2, -0.15) is 0 Å². The Hall–Kier alpha value is -2.99. The van der Waals surface area contributed by atoms with Crippen LogP contribution in [0.25, 0.3) is 21.5 Å². The van der Waals surface area contributed by atoms with Gasteiger partial charge in [0.25, 0.3) is 12.0 Å². The summed E-state index contributed by atoms with van der Waals surface area (Å²) in [5.74, 6) is 0. The molecule has 1 aliphatic rings. The van der Waals surface area contributed by atoms with Crippen molar-refractivity contribution in [3.05, 3.63) is 78.7 Å². The van der Waals surface area contributed by atoms with Crippen LogP contribution in [0.15, 0.2) is 46.4 Å². The second kappa shape index (κ2) is 11.2. The van der Waals surface area contributed by atoms with Crippen LogP contribution in [0.1, 0.15) is 29.9 Å². The number of piperazine rings is 1. The molecule has 39 heavy (non-hydrogen) atoms. The van der Waals surface area contributed by atoms with E-state index in [0.29, 0.717) is 27.5 Å². The summed E-state index contributed by atoms with van der Waals surface area (Å²) in [6, 6.07) is 7.53. The van der Waals surface area contributed by atoms with Crippen molar-refractivity contribution in [1.82, 2.24) is 29.3 Å². The van der Waals surface area contributed by atoms with Gasteiger partial charge in [-0.15, -0.1) is 11.3 Å². The van der Waals surface area contributed by atoms with Gasteiger partial charge in [0.1, 0.15) is 6.33 Å². The lowest BCUT2D eigenvalue weighted by molar-refractivity contribution is 0.109. The molecule has 5 rings (SSSR count). The summed E-state index contributed by atoms with van der Waals surface area (Å²) < 4.78 is 28.4. The first-order valence-corrected chi connectivity index (χ1v) is 13.9. The van der Waals surface area contributed by atoms with Crippen molar-refractivity contribution in [2.24, 2.45) is 0 Å². The maximum atomic E-state index is 12.9. The van der Waals surface area contributed by atoms with Crippen LogP contribution in [-0.4, -0.2) is 55.6 Å². The van der Waals surface area contributed by atoms with Crippen molar-refractivity contribution >= 4 is 33.2 Å². The van der Waals surface area contributed by atoms with E-state index in [-0.39, 0.29) is 6.54 Å². The number of benzene rings is 1. The summed E-state index contributed by atoms with van der Waals surface area (Å²) >= 11 is 7.90. The third-order valence-corrected chi connectivity index (χ3v) is 8.53. The Bertz CT molecular complexity index is 1630. The maximum Gasteiger partial charge on any atom is 0.331 e. The largest absolute Gasteiger partial charge is 0.331 e. The van der Waals surface area contributed by atoms with Gasteiger partial charge in [0.2, 0.25) is 0 Å². The number of rotatable bonds is 7. The van der Waals surface area contributed by atoms with Crippen LogP contribution in [-0.2, 0) is 19.6 Å². The first-order chi connectivity index (χ1) is 18.6. The highest BCUT2D eigenvalue weighted by atomic mass is 35.5. The lowest BCUT2D eigenvalue weighted by Crippen LogP contribution is -2.54. The van der Waals surface area contributed by atoms with Crippen LogP contribution < -0.4 is 16.6 Å². The quantitative estimate of drug-likeness (QED) is 0.357. The average Bonchev–Trinajstić information content (AvgIpc) is 3.29. The molecule has 4 heterocycles. The first-order valence-electron chi connectivity index (χ1n) is 12.7. The van der Waals surface area contributed by atoms with Gasteiger partial charge < -0.3 is 5.32 Å². The monoisotopic (exact) mass is 574 g/mol.